The van der Waals surface area contributed by atoms with E-state index < -0.39 is 20.0 Å². The first kappa shape index (κ1) is 26.8. The number of H-pyrrole nitrogens is 1. The van der Waals surface area contributed by atoms with Crippen LogP contribution in [-0.4, -0.2) is 58.1 Å². The van der Waals surface area contributed by atoms with Crippen LogP contribution >= 0.6 is 0 Å². The molecule has 0 spiro atoms. The molecule has 2 heterocycles. The summed E-state index contributed by atoms with van der Waals surface area (Å²) in [5.74, 6) is 0.608. The third kappa shape index (κ3) is 5.52. The SMILES string of the molecule is C#CS(=O)(=O)NCc1cnn(Cc2cc(OC)c3c(NS(=O)(=O)c4c(OC)cccc4OC)n[nH]c3c2)c1. The number of nitrogens with zero attached hydrogens (tertiary/aromatic N) is 3. The fraction of sp³-hybridized carbons (Fsp3) is 0.217. The van der Waals surface area contributed by atoms with Gasteiger partial charge in [-0.3, -0.25) is 14.5 Å². The Morgan fingerprint density at radius 3 is 2.34 bits per heavy atom. The average molecular weight is 561 g/mol. The van der Waals surface area contributed by atoms with Crippen molar-refractivity contribution < 1.29 is 31.0 Å². The van der Waals surface area contributed by atoms with Gasteiger partial charge < -0.3 is 14.2 Å². The summed E-state index contributed by atoms with van der Waals surface area (Å²) >= 11 is 0. The first-order valence-corrected chi connectivity index (χ1v) is 13.8. The summed E-state index contributed by atoms with van der Waals surface area (Å²) in [7, 11) is -3.78. The van der Waals surface area contributed by atoms with Crippen molar-refractivity contribution in [2.75, 3.05) is 26.1 Å². The number of aromatic amines is 1. The summed E-state index contributed by atoms with van der Waals surface area (Å²) in [4.78, 5) is -0.171. The molecule has 4 aromatic rings. The highest BCUT2D eigenvalue weighted by Gasteiger charge is 2.27. The summed E-state index contributed by atoms with van der Waals surface area (Å²) in [5.41, 5.74) is 1.89. The standard InChI is InChI=1S/C23H24N6O7S2/c1-5-37(30,31)25-12-16-11-24-29(14-16)13-15-9-17-21(20(10-15)36-4)23(27-26-17)28-38(32,33)22-18(34-2)7-6-8-19(22)35-3/h1,6-11,14,25H,12-13H2,2-4H3,(H2,26,27,28). The van der Waals surface area contributed by atoms with E-state index in [-0.39, 0.29) is 28.8 Å². The van der Waals surface area contributed by atoms with Gasteiger partial charge in [0, 0.05) is 23.6 Å². The Balaban J connectivity index is 1.62. The molecule has 2 aromatic carbocycles. The van der Waals surface area contributed by atoms with Crippen LogP contribution in [0.2, 0.25) is 0 Å². The predicted octanol–water partition coefficient (Wildman–Crippen LogP) is 1.64. The van der Waals surface area contributed by atoms with Gasteiger partial charge in [0.1, 0.15) is 17.2 Å². The minimum absolute atomic E-state index is 0.00404. The summed E-state index contributed by atoms with van der Waals surface area (Å²) < 4.78 is 71.9. The van der Waals surface area contributed by atoms with E-state index >= 15 is 0 Å². The molecule has 200 valence electrons. The first-order chi connectivity index (χ1) is 18.1. The molecule has 0 saturated heterocycles. The Kier molecular flexibility index (Phi) is 7.49. The monoisotopic (exact) mass is 560 g/mol. The molecule has 0 saturated carbocycles. The fourth-order valence-corrected chi connectivity index (χ4v) is 5.53. The van der Waals surface area contributed by atoms with E-state index in [0.29, 0.717) is 28.8 Å². The van der Waals surface area contributed by atoms with Gasteiger partial charge in [-0.1, -0.05) is 6.07 Å². The van der Waals surface area contributed by atoms with Gasteiger partial charge in [0.2, 0.25) is 0 Å². The van der Waals surface area contributed by atoms with Crippen LogP contribution in [0, 0.1) is 11.7 Å². The highest BCUT2D eigenvalue weighted by Crippen LogP contribution is 2.37. The second-order valence-electron chi connectivity index (χ2n) is 7.88. The molecular weight excluding hydrogens is 536 g/mol. The van der Waals surface area contributed by atoms with Gasteiger partial charge in [-0.05, 0) is 29.8 Å². The largest absolute Gasteiger partial charge is 0.496 e. The molecule has 0 aliphatic carbocycles. The third-order valence-electron chi connectivity index (χ3n) is 5.44. The van der Waals surface area contributed by atoms with Gasteiger partial charge in [-0.15, -0.1) is 6.42 Å². The minimum Gasteiger partial charge on any atom is -0.496 e. The van der Waals surface area contributed by atoms with Crippen LogP contribution < -0.4 is 23.7 Å². The molecule has 0 aliphatic rings. The Bertz CT molecular complexity index is 1720. The van der Waals surface area contributed by atoms with E-state index in [9.17, 15) is 16.8 Å². The molecular formula is C23H24N6O7S2. The van der Waals surface area contributed by atoms with E-state index in [1.54, 1.807) is 34.3 Å². The lowest BCUT2D eigenvalue weighted by Gasteiger charge is -2.14. The number of hydrogen-bond donors (Lipinski definition) is 3. The topological polar surface area (TPSA) is 167 Å². The number of methoxy groups -OCH3 is 3. The molecule has 2 aromatic heterocycles. The van der Waals surface area contributed by atoms with E-state index in [2.05, 4.69) is 24.7 Å². The number of fused-ring (bicyclic) bond motifs is 1. The van der Waals surface area contributed by atoms with Crippen molar-refractivity contribution in [3.8, 4) is 28.9 Å². The zero-order chi connectivity index (χ0) is 27.5. The summed E-state index contributed by atoms with van der Waals surface area (Å²) in [6.45, 7) is 0.308. The van der Waals surface area contributed by atoms with E-state index in [1.807, 2.05) is 0 Å². The van der Waals surface area contributed by atoms with Crippen molar-refractivity contribution >= 4 is 36.8 Å². The first-order valence-electron chi connectivity index (χ1n) is 10.9. The van der Waals surface area contributed by atoms with Crippen molar-refractivity contribution in [2.24, 2.45) is 0 Å². The Morgan fingerprint density at radius 1 is 1.03 bits per heavy atom. The molecule has 4 rings (SSSR count). The zero-order valence-corrected chi connectivity index (χ0v) is 22.2. The van der Waals surface area contributed by atoms with Gasteiger partial charge in [0.15, 0.2) is 10.7 Å². The van der Waals surface area contributed by atoms with Gasteiger partial charge in [0.25, 0.3) is 20.0 Å². The highest BCUT2D eigenvalue weighted by atomic mass is 32.2. The number of aromatic nitrogens is 4. The Hall–Kier alpha value is -4.26. The van der Waals surface area contributed by atoms with Crippen LogP contribution in [0.1, 0.15) is 11.1 Å². The fourth-order valence-electron chi connectivity index (χ4n) is 3.75. The summed E-state index contributed by atoms with van der Waals surface area (Å²) in [5, 5.41) is 13.3. The highest BCUT2D eigenvalue weighted by molar-refractivity contribution is 7.94. The molecule has 0 amide bonds. The van der Waals surface area contributed by atoms with Crippen molar-refractivity contribution in [2.45, 2.75) is 18.0 Å². The lowest BCUT2D eigenvalue weighted by atomic mass is 10.1. The van der Waals surface area contributed by atoms with Crippen molar-refractivity contribution in [3.63, 3.8) is 0 Å². The van der Waals surface area contributed by atoms with Crippen LogP contribution in [0.4, 0.5) is 5.82 Å². The number of nitrogens with one attached hydrogen (secondary N) is 3. The summed E-state index contributed by atoms with van der Waals surface area (Å²) in [6, 6.07) is 8.13. The number of terminal acetylenes is 1. The smallest absolute Gasteiger partial charge is 0.280 e. The second kappa shape index (κ2) is 10.6. The molecule has 0 bridgehead atoms. The van der Waals surface area contributed by atoms with Crippen molar-refractivity contribution in [3.05, 3.63) is 53.9 Å². The molecule has 0 unspecified atom stereocenters. The van der Waals surface area contributed by atoms with Gasteiger partial charge in [-0.25, -0.2) is 13.1 Å². The second-order valence-corrected chi connectivity index (χ2v) is 11.0. The normalized spacial score (nSPS) is 11.7. The number of sulfonamides is 2. The predicted molar refractivity (Wildman–Crippen MR) is 139 cm³/mol. The van der Waals surface area contributed by atoms with Crippen LogP contribution in [0.25, 0.3) is 10.9 Å². The number of ether oxygens (including phenoxy) is 3. The maximum Gasteiger partial charge on any atom is 0.280 e. The molecule has 15 heteroatoms. The van der Waals surface area contributed by atoms with Gasteiger partial charge >= 0.3 is 0 Å². The molecule has 38 heavy (non-hydrogen) atoms. The Morgan fingerprint density at radius 2 is 1.71 bits per heavy atom. The lowest BCUT2D eigenvalue weighted by Crippen LogP contribution is -2.20. The van der Waals surface area contributed by atoms with E-state index in [1.165, 1.54) is 39.7 Å². The Labute approximate surface area is 219 Å². The van der Waals surface area contributed by atoms with Gasteiger partial charge in [-0.2, -0.15) is 18.6 Å². The van der Waals surface area contributed by atoms with Gasteiger partial charge in [0.05, 0.1) is 45.0 Å². The van der Waals surface area contributed by atoms with E-state index in [0.717, 1.165) is 5.56 Å². The lowest BCUT2D eigenvalue weighted by molar-refractivity contribution is 0.373. The molecule has 0 fully saturated rings. The minimum atomic E-state index is -4.17. The molecule has 3 N–H and O–H groups in total. The van der Waals surface area contributed by atoms with Crippen LogP contribution in [0.15, 0.2) is 47.6 Å². The summed E-state index contributed by atoms with van der Waals surface area (Å²) in [6.07, 6.45) is 8.14. The van der Waals surface area contributed by atoms with Crippen LogP contribution in [0.3, 0.4) is 0 Å². The quantitative estimate of drug-likeness (QED) is 0.231. The zero-order valence-electron chi connectivity index (χ0n) is 20.5. The van der Waals surface area contributed by atoms with Crippen LogP contribution in [-0.2, 0) is 33.1 Å². The average Bonchev–Trinajstić information content (AvgIpc) is 3.53. The molecule has 0 radical (unpaired) electrons. The molecule has 13 nitrogen and oxygen atoms in total. The molecule has 0 atom stereocenters. The maximum absolute atomic E-state index is 13.3. The third-order valence-corrected chi connectivity index (χ3v) is 7.68. The number of benzene rings is 2. The van der Waals surface area contributed by atoms with Crippen molar-refractivity contribution in [1.82, 2.24) is 24.7 Å². The van der Waals surface area contributed by atoms with Crippen molar-refractivity contribution in [1.29, 1.82) is 0 Å². The van der Waals surface area contributed by atoms with E-state index in [4.69, 9.17) is 20.6 Å². The number of hydrogen-bond acceptors (Lipinski definition) is 9. The van der Waals surface area contributed by atoms with Crippen LogP contribution in [0.5, 0.6) is 17.2 Å². The maximum atomic E-state index is 13.3. The number of anilines is 1. The molecule has 0 aliphatic heterocycles. The number of rotatable bonds is 11.